The van der Waals surface area contributed by atoms with Crippen LogP contribution in [0.3, 0.4) is 0 Å². The fourth-order valence-corrected chi connectivity index (χ4v) is 4.96. The molecule has 0 saturated carbocycles. The van der Waals surface area contributed by atoms with Crippen LogP contribution >= 0.6 is 22.7 Å². The molecule has 0 N–H and O–H groups in total. The maximum Gasteiger partial charge on any atom is 0.213 e. The first-order valence-electron chi connectivity index (χ1n) is 6.59. The second-order valence-electron chi connectivity index (χ2n) is 5.02. The van der Waals surface area contributed by atoms with E-state index in [4.69, 9.17) is 0 Å². The summed E-state index contributed by atoms with van der Waals surface area (Å²) in [4.78, 5) is 0. The van der Waals surface area contributed by atoms with Crippen molar-refractivity contribution in [3.63, 3.8) is 0 Å². The minimum atomic E-state index is 1.28. The molecule has 0 fully saturated rings. The Labute approximate surface area is 125 Å². The summed E-state index contributed by atoms with van der Waals surface area (Å²) >= 11 is 3.69. The molecule has 0 amide bonds. The molecule has 3 heterocycles. The van der Waals surface area contributed by atoms with Crippen molar-refractivity contribution < 1.29 is 4.57 Å². The molecule has 20 heavy (non-hydrogen) atoms. The Bertz CT molecular complexity index is 931. The lowest BCUT2D eigenvalue weighted by molar-refractivity contribution is -0.660. The standard InChI is InChI=1S/C17H14NS2/c1-11-12-6-9-19-16(12)17-13(7-10-20-17)15(11)14-5-3-4-8-18(14)2/h3-10H,1-2H3/q+1. The zero-order chi connectivity index (χ0) is 13.7. The Morgan fingerprint density at radius 1 is 0.900 bits per heavy atom. The lowest BCUT2D eigenvalue weighted by Crippen LogP contribution is -2.30. The van der Waals surface area contributed by atoms with Gasteiger partial charge in [-0.25, -0.2) is 4.57 Å². The summed E-state index contributed by atoms with van der Waals surface area (Å²) < 4.78 is 5.05. The highest BCUT2D eigenvalue weighted by atomic mass is 32.1. The first-order chi connectivity index (χ1) is 9.77. The van der Waals surface area contributed by atoms with E-state index in [-0.39, 0.29) is 0 Å². The van der Waals surface area contributed by atoms with E-state index >= 15 is 0 Å². The summed E-state index contributed by atoms with van der Waals surface area (Å²) in [6.45, 7) is 2.24. The number of fused-ring (bicyclic) bond motifs is 3. The zero-order valence-electron chi connectivity index (χ0n) is 11.4. The van der Waals surface area contributed by atoms with Crippen molar-refractivity contribution in [3.8, 4) is 11.3 Å². The van der Waals surface area contributed by atoms with E-state index in [1.165, 1.54) is 37.0 Å². The van der Waals surface area contributed by atoms with Gasteiger partial charge in [0.1, 0.15) is 7.05 Å². The van der Waals surface area contributed by atoms with Crippen LogP contribution in [0.15, 0.2) is 47.3 Å². The molecule has 0 bridgehead atoms. The second-order valence-corrected chi connectivity index (χ2v) is 6.86. The summed E-state index contributed by atoms with van der Waals surface area (Å²) in [6, 6.07) is 10.9. The van der Waals surface area contributed by atoms with Gasteiger partial charge in [0, 0.05) is 17.5 Å². The fourth-order valence-electron chi connectivity index (χ4n) is 2.91. The molecule has 1 nitrogen and oxygen atoms in total. The normalized spacial score (nSPS) is 11.5. The van der Waals surface area contributed by atoms with E-state index in [1.807, 2.05) is 22.7 Å². The lowest BCUT2D eigenvalue weighted by Gasteiger charge is -2.08. The van der Waals surface area contributed by atoms with Gasteiger partial charge in [-0.3, -0.25) is 0 Å². The van der Waals surface area contributed by atoms with Crippen LogP contribution in [0.2, 0.25) is 0 Å². The molecule has 0 aliphatic rings. The molecule has 1 aromatic carbocycles. The summed E-state index contributed by atoms with van der Waals surface area (Å²) in [5, 5.41) is 7.18. The van der Waals surface area contributed by atoms with E-state index in [2.05, 4.69) is 65.8 Å². The van der Waals surface area contributed by atoms with Gasteiger partial charge >= 0.3 is 0 Å². The van der Waals surface area contributed by atoms with Gasteiger partial charge in [0.25, 0.3) is 0 Å². The number of thiophene rings is 2. The largest absolute Gasteiger partial charge is 0.213 e. The van der Waals surface area contributed by atoms with Crippen molar-refractivity contribution in [2.24, 2.45) is 7.05 Å². The summed E-state index contributed by atoms with van der Waals surface area (Å²) in [5.74, 6) is 0. The smallest absolute Gasteiger partial charge is 0.201 e. The highest BCUT2D eigenvalue weighted by molar-refractivity contribution is 7.25. The van der Waals surface area contributed by atoms with Crippen LogP contribution in [-0.2, 0) is 7.05 Å². The SMILES string of the molecule is Cc1c(-c2cccc[n+]2C)c2ccsc2c2sccc12. The van der Waals surface area contributed by atoms with E-state index in [9.17, 15) is 0 Å². The predicted molar refractivity (Wildman–Crippen MR) is 88.6 cm³/mol. The van der Waals surface area contributed by atoms with Crippen LogP contribution in [0.4, 0.5) is 0 Å². The van der Waals surface area contributed by atoms with Crippen LogP contribution in [0, 0.1) is 6.92 Å². The Hall–Kier alpha value is -1.71. The third kappa shape index (κ3) is 1.57. The topological polar surface area (TPSA) is 3.88 Å². The minimum Gasteiger partial charge on any atom is -0.201 e. The number of hydrogen-bond donors (Lipinski definition) is 0. The van der Waals surface area contributed by atoms with Gasteiger partial charge in [-0.05, 0) is 46.8 Å². The van der Waals surface area contributed by atoms with Gasteiger partial charge in [-0.2, -0.15) is 0 Å². The van der Waals surface area contributed by atoms with Gasteiger partial charge in [-0.1, -0.05) is 0 Å². The molecule has 98 valence electrons. The predicted octanol–water partition coefficient (Wildman–Crippen LogP) is 4.92. The molecule has 3 aromatic heterocycles. The van der Waals surface area contributed by atoms with Gasteiger partial charge in [0.05, 0.1) is 15.0 Å². The fraction of sp³-hybridized carbons (Fsp3) is 0.118. The summed E-state index contributed by atoms with van der Waals surface area (Å²) in [6.07, 6.45) is 2.12. The van der Waals surface area contributed by atoms with Gasteiger partial charge in [0.15, 0.2) is 6.20 Å². The quantitative estimate of drug-likeness (QED) is 0.439. The van der Waals surface area contributed by atoms with Crippen LogP contribution in [0.1, 0.15) is 5.56 Å². The van der Waals surface area contributed by atoms with Crippen molar-refractivity contribution in [1.29, 1.82) is 0 Å². The minimum absolute atomic E-state index is 1.28. The van der Waals surface area contributed by atoms with Gasteiger partial charge in [-0.15, -0.1) is 22.7 Å². The molecular formula is C17H14NS2+. The maximum atomic E-state index is 2.26. The van der Waals surface area contributed by atoms with E-state index < -0.39 is 0 Å². The molecule has 0 aliphatic heterocycles. The molecule has 0 spiro atoms. The Balaban J connectivity index is 2.24. The average Bonchev–Trinajstić information content (AvgIpc) is 3.08. The first-order valence-corrected chi connectivity index (χ1v) is 8.35. The Morgan fingerprint density at radius 2 is 1.60 bits per heavy atom. The Kier molecular flexibility index (Phi) is 2.65. The van der Waals surface area contributed by atoms with Crippen molar-refractivity contribution in [3.05, 3.63) is 52.9 Å². The second kappa shape index (κ2) is 4.40. The molecule has 3 heteroatoms. The maximum absolute atomic E-state index is 2.26. The highest BCUT2D eigenvalue weighted by Gasteiger charge is 2.19. The summed E-state index contributed by atoms with van der Waals surface area (Å²) in [5.41, 5.74) is 4.03. The highest BCUT2D eigenvalue weighted by Crippen LogP contribution is 2.42. The van der Waals surface area contributed by atoms with Crippen LogP contribution in [0.5, 0.6) is 0 Å². The van der Waals surface area contributed by atoms with Crippen LogP contribution in [0.25, 0.3) is 31.4 Å². The number of aryl methyl sites for hydroxylation is 2. The monoisotopic (exact) mass is 296 g/mol. The van der Waals surface area contributed by atoms with E-state index in [1.54, 1.807) is 0 Å². The average molecular weight is 296 g/mol. The van der Waals surface area contributed by atoms with Crippen molar-refractivity contribution in [2.45, 2.75) is 6.92 Å². The van der Waals surface area contributed by atoms with Crippen LogP contribution < -0.4 is 4.57 Å². The summed E-state index contributed by atoms with van der Waals surface area (Å²) in [7, 11) is 2.12. The molecular weight excluding hydrogens is 282 g/mol. The third-order valence-corrected chi connectivity index (χ3v) is 5.89. The van der Waals surface area contributed by atoms with Crippen LogP contribution in [-0.4, -0.2) is 0 Å². The van der Waals surface area contributed by atoms with E-state index in [0.717, 1.165) is 0 Å². The molecule has 0 radical (unpaired) electrons. The molecule has 4 aromatic rings. The molecule has 0 atom stereocenters. The van der Waals surface area contributed by atoms with E-state index in [0.29, 0.717) is 0 Å². The number of benzene rings is 1. The van der Waals surface area contributed by atoms with Gasteiger partial charge < -0.3 is 0 Å². The number of rotatable bonds is 1. The molecule has 0 saturated heterocycles. The number of hydrogen-bond acceptors (Lipinski definition) is 2. The molecule has 0 aliphatic carbocycles. The van der Waals surface area contributed by atoms with Crippen molar-refractivity contribution in [2.75, 3.05) is 0 Å². The number of pyridine rings is 1. The molecule has 4 rings (SSSR count). The van der Waals surface area contributed by atoms with Crippen molar-refractivity contribution in [1.82, 2.24) is 0 Å². The lowest BCUT2D eigenvalue weighted by atomic mass is 9.98. The van der Waals surface area contributed by atoms with Crippen molar-refractivity contribution >= 4 is 42.8 Å². The Morgan fingerprint density at radius 3 is 2.35 bits per heavy atom. The zero-order valence-corrected chi connectivity index (χ0v) is 13.0. The third-order valence-electron chi connectivity index (χ3n) is 3.90. The first kappa shape index (κ1) is 12.1. The number of nitrogens with zero attached hydrogens (tertiary/aromatic N) is 1. The molecule has 0 unspecified atom stereocenters. The number of aromatic nitrogens is 1. The van der Waals surface area contributed by atoms with Gasteiger partial charge in [0.2, 0.25) is 5.69 Å².